The van der Waals surface area contributed by atoms with Crippen molar-refractivity contribution in [3.05, 3.63) is 53.6 Å². The van der Waals surface area contributed by atoms with E-state index in [2.05, 4.69) is 10.1 Å². The number of carbonyl (C=O) groups is 2. The average molecular weight is 404 g/mol. The van der Waals surface area contributed by atoms with Crippen LogP contribution in [-0.4, -0.2) is 31.1 Å². The third-order valence-corrected chi connectivity index (χ3v) is 4.64. The van der Waals surface area contributed by atoms with Gasteiger partial charge in [0.25, 0.3) is 0 Å². The highest BCUT2D eigenvalue weighted by molar-refractivity contribution is 6.02. The van der Waals surface area contributed by atoms with Gasteiger partial charge in [-0.25, -0.2) is 0 Å². The van der Waals surface area contributed by atoms with Crippen LogP contribution in [0.4, 0.5) is 14.5 Å². The highest BCUT2D eigenvalue weighted by Gasteiger charge is 2.36. The van der Waals surface area contributed by atoms with Gasteiger partial charge in [-0.05, 0) is 24.6 Å². The Hall–Kier alpha value is -3.16. The van der Waals surface area contributed by atoms with Crippen LogP contribution in [0.1, 0.15) is 25.0 Å². The van der Waals surface area contributed by atoms with Gasteiger partial charge in [0.2, 0.25) is 11.8 Å². The minimum absolute atomic E-state index is 0.0413. The molecule has 0 saturated heterocycles. The van der Waals surface area contributed by atoms with Gasteiger partial charge in [0.15, 0.2) is 11.5 Å². The number of benzene rings is 2. The van der Waals surface area contributed by atoms with E-state index < -0.39 is 12.7 Å². The molecule has 0 radical (unpaired) electrons. The Balaban J connectivity index is 1.77. The van der Waals surface area contributed by atoms with E-state index in [-0.39, 0.29) is 36.5 Å². The number of rotatable bonds is 7. The molecule has 154 valence electrons. The predicted octanol–water partition coefficient (Wildman–Crippen LogP) is 3.28. The molecule has 1 atom stereocenters. The molecule has 0 saturated carbocycles. The number of nitrogens with one attached hydrogen (secondary N) is 1. The van der Waals surface area contributed by atoms with Crippen LogP contribution in [0.15, 0.2) is 42.5 Å². The second-order valence-electron chi connectivity index (χ2n) is 6.51. The monoisotopic (exact) mass is 404 g/mol. The Labute approximate surface area is 167 Å². The smallest absolute Gasteiger partial charge is 0.387 e. The maximum absolute atomic E-state index is 12.8. The van der Waals surface area contributed by atoms with Gasteiger partial charge in [0, 0.05) is 31.1 Å². The normalized spacial score (nSPS) is 15.2. The molecule has 2 aromatic rings. The van der Waals surface area contributed by atoms with Crippen molar-refractivity contribution in [2.45, 2.75) is 39.5 Å². The first kappa shape index (κ1) is 20.6. The zero-order valence-electron chi connectivity index (χ0n) is 16.2. The summed E-state index contributed by atoms with van der Waals surface area (Å²) >= 11 is 0. The van der Waals surface area contributed by atoms with Crippen molar-refractivity contribution in [3.63, 3.8) is 0 Å². The van der Waals surface area contributed by atoms with Gasteiger partial charge in [0.05, 0.1) is 6.61 Å². The molecule has 8 heteroatoms. The van der Waals surface area contributed by atoms with Crippen LogP contribution in [0.2, 0.25) is 0 Å². The van der Waals surface area contributed by atoms with Gasteiger partial charge in [0.1, 0.15) is 6.04 Å². The SMILES string of the molecule is CCOc1cccc(CNC(=O)[C@@H]2Cc3ccccc3N2C(C)=O)c1OC(F)F. The Kier molecular flexibility index (Phi) is 6.31. The number of para-hydroxylation sites is 2. The van der Waals surface area contributed by atoms with E-state index in [1.807, 2.05) is 18.2 Å². The Morgan fingerprint density at radius 2 is 1.97 bits per heavy atom. The lowest BCUT2D eigenvalue weighted by Crippen LogP contribution is -2.47. The number of nitrogens with zero attached hydrogens (tertiary/aromatic N) is 1. The zero-order valence-corrected chi connectivity index (χ0v) is 16.2. The summed E-state index contributed by atoms with van der Waals surface area (Å²) < 4.78 is 35.7. The van der Waals surface area contributed by atoms with E-state index in [1.165, 1.54) is 17.9 Å². The van der Waals surface area contributed by atoms with Crippen molar-refractivity contribution in [2.75, 3.05) is 11.5 Å². The Morgan fingerprint density at radius 1 is 1.21 bits per heavy atom. The third-order valence-electron chi connectivity index (χ3n) is 4.64. The summed E-state index contributed by atoms with van der Waals surface area (Å²) in [4.78, 5) is 26.4. The van der Waals surface area contributed by atoms with E-state index in [4.69, 9.17) is 4.74 Å². The standard InChI is InChI=1S/C21H22F2N2O4/c1-3-28-18-10-6-8-15(19(18)29-21(22)23)12-24-20(27)17-11-14-7-4-5-9-16(14)25(17)13(2)26/h4-10,17,21H,3,11-12H2,1-2H3,(H,24,27)/t17-/m0/s1. The summed E-state index contributed by atoms with van der Waals surface area (Å²) in [6.07, 6.45) is 0.390. The molecule has 1 aliphatic heterocycles. The lowest BCUT2D eigenvalue weighted by molar-refractivity contribution is -0.125. The highest BCUT2D eigenvalue weighted by Crippen LogP contribution is 2.34. The molecule has 0 spiro atoms. The lowest BCUT2D eigenvalue weighted by atomic mass is 10.1. The first-order chi connectivity index (χ1) is 13.9. The molecular weight excluding hydrogens is 382 g/mol. The molecule has 2 amide bonds. The molecule has 1 aliphatic rings. The zero-order chi connectivity index (χ0) is 21.0. The van der Waals surface area contributed by atoms with Crippen molar-refractivity contribution >= 4 is 17.5 Å². The molecule has 0 aliphatic carbocycles. The molecule has 0 unspecified atom stereocenters. The summed E-state index contributed by atoms with van der Waals surface area (Å²) in [5, 5.41) is 2.73. The fraction of sp³-hybridized carbons (Fsp3) is 0.333. The number of halogens is 2. The van der Waals surface area contributed by atoms with Gasteiger partial charge in [-0.2, -0.15) is 8.78 Å². The van der Waals surface area contributed by atoms with Gasteiger partial charge in [-0.15, -0.1) is 0 Å². The molecule has 3 rings (SSSR count). The number of hydrogen-bond donors (Lipinski definition) is 1. The van der Waals surface area contributed by atoms with Gasteiger partial charge >= 0.3 is 6.61 Å². The molecule has 0 fully saturated rings. The summed E-state index contributed by atoms with van der Waals surface area (Å²) in [5.41, 5.74) is 1.97. The van der Waals surface area contributed by atoms with Crippen molar-refractivity contribution in [1.82, 2.24) is 5.32 Å². The first-order valence-corrected chi connectivity index (χ1v) is 9.27. The van der Waals surface area contributed by atoms with Crippen molar-refractivity contribution in [2.24, 2.45) is 0 Å². The lowest BCUT2D eigenvalue weighted by Gasteiger charge is -2.23. The Bertz CT molecular complexity index is 904. The van der Waals surface area contributed by atoms with Gasteiger partial charge in [-0.1, -0.05) is 30.3 Å². The van der Waals surface area contributed by atoms with E-state index in [0.717, 1.165) is 5.56 Å². The summed E-state index contributed by atoms with van der Waals surface area (Å²) in [6.45, 7) is 0.351. The third kappa shape index (κ3) is 4.47. The topological polar surface area (TPSA) is 67.9 Å². The maximum atomic E-state index is 12.8. The predicted molar refractivity (Wildman–Crippen MR) is 103 cm³/mol. The van der Waals surface area contributed by atoms with E-state index in [9.17, 15) is 18.4 Å². The second-order valence-corrected chi connectivity index (χ2v) is 6.51. The quantitative estimate of drug-likeness (QED) is 0.769. The fourth-order valence-corrected chi connectivity index (χ4v) is 3.48. The van der Waals surface area contributed by atoms with Crippen LogP contribution in [0.3, 0.4) is 0 Å². The van der Waals surface area contributed by atoms with E-state index in [0.29, 0.717) is 17.7 Å². The van der Waals surface area contributed by atoms with Crippen LogP contribution in [0, 0.1) is 0 Å². The number of carbonyl (C=O) groups excluding carboxylic acids is 2. The molecule has 29 heavy (non-hydrogen) atoms. The molecule has 6 nitrogen and oxygen atoms in total. The summed E-state index contributed by atoms with van der Waals surface area (Å²) in [6, 6.07) is 11.4. The maximum Gasteiger partial charge on any atom is 0.387 e. The van der Waals surface area contributed by atoms with Crippen LogP contribution in [0.25, 0.3) is 0 Å². The molecule has 1 N–H and O–H groups in total. The first-order valence-electron chi connectivity index (χ1n) is 9.27. The highest BCUT2D eigenvalue weighted by atomic mass is 19.3. The van der Waals surface area contributed by atoms with Crippen LogP contribution < -0.4 is 19.7 Å². The van der Waals surface area contributed by atoms with Crippen molar-refractivity contribution in [1.29, 1.82) is 0 Å². The van der Waals surface area contributed by atoms with Gasteiger partial charge < -0.3 is 14.8 Å². The van der Waals surface area contributed by atoms with Crippen LogP contribution in [0.5, 0.6) is 11.5 Å². The van der Waals surface area contributed by atoms with Crippen LogP contribution in [-0.2, 0) is 22.6 Å². The number of ether oxygens (including phenoxy) is 2. The number of alkyl halides is 2. The molecule has 1 heterocycles. The number of fused-ring (bicyclic) bond motifs is 1. The average Bonchev–Trinajstić information content (AvgIpc) is 3.07. The van der Waals surface area contributed by atoms with Crippen LogP contribution >= 0.6 is 0 Å². The summed E-state index contributed by atoms with van der Waals surface area (Å²) in [7, 11) is 0. The van der Waals surface area contributed by atoms with Gasteiger partial charge in [-0.3, -0.25) is 14.5 Å². The number of amides is 2. The van der Waals surface area contributed by atoms with Crippen molar-refractivity contribution < 1.29 is 27.8 Å². The second kappa shape index (κ2) is 8.89. The van der Waals surface area contributed by atoms with E-state index in [1.54, 1.807) is 25.1 Å². The van der Waals surface area contributed by atoms with E-state index >= 15 is 0 Å². The summed E-state index contributed by atoms with van der Waals surface area (Å²) in [5.74, 6) is -0.544. The molecular formula is C21H22F2N2O4. The minimum Gasteiger partial charge on any atom is -0.490 e. The number of hydrogen-bond acceptors (Lipinski definition) is 4. The molecule has 0 bridgehead atoms. The molecule has 0 aromatic heterocycles. The molecule has 2 aromatic carbocycles. The minimum atomic E-state index is -3.02. The Morgan fingerprint density at radius 3 is 2.66 bits per heavy atom. The fourth-order valence-electron chi connectivity index (χ4n) is 3.48. The largest absolute Gasteiger partial charge is 0.490 e. The number of anilines is 1. The van der Waals surface area contributed by atoms with Crippen molar-refractivity contribution in [3.8, 4) is 11.5 Å².